The Morgan fingerprint density at radius 3 is 2.43 bits per heavy atom. The number of hydrogen-bond acceptors (Lipinski definition) is 4. The number of aliphatic hydroxyl groups is 1. The van der Waals surface area contributed by atoms with Crippen LogP contribution in [0.1, 0.15) is 79.1 Å². The van der Waals surface area contributed by atoms with E-state index in [1.165, 1.54) is 25.7 Å². The van der Waals surface area contributed by atoms with E-state index in [1.54, 1.807) is 0 Å². The van der Waals surface area contributed by atoms with Gasteiger partial charge in [0.15, 0.2) is 14.1 Å². The SMILES string of the molecule is CCCCCCCC(C#CC1C(O)CC2C1CC21OCCO1)O[Si](C)(C)C(C)(C)C. The summed E-state index contributed by atoms with van der Waals surface area (Å²) in [6.07, 6.45) is 8.50. The van der Waals surface area contributed by atoms with Gasteiger partial charge in [0, 0.05) is 18.3 Å². The van der Waals surface area contributed by atoms with Gasteiger partial charge in [-0.2, -0.15) is 0 Å². The van der Waals surface area contributed by atoms with E-state index in [-0.39, 0.29) is 23.2 Å². The fraction of sp³-hybridized carbons (Fsp3) is 0.920. The first-order chi connectivity index (χ1) is 14.1. The number of aliphatic hydroxyl groups excluding tert-OH is 1. The average molecular weight is 437 g/mol. The minimum Gasteiger partial charge on any atom is -0.403 e. The maximum atomic E-state index is 10.7. The molecular weight excluding hydrogens is 392 g/mol. The summed E-state index contributed by atoms with van der Waals surface area (Å²) in [6.45, 7) is 15.1. The van der Waals surface area contributed by atoms with Gasteiger partial charge in [-0.05, 0) is 43.3 Å². The van der Waals surface area contributed by atoms with Crippen LogP contribution in [0, 0.1) is 29.6 Å². The fourth-order valence-electron chi connectivity index (χ4n) is 5.03. The number of rotatable bonds is 8. The third-order valence-corrected chi connectivity index (χ3v) is 12.5. The second kappa shape index (κ2) is 9.63. The van der Waals surface area contributed by atoms with Crippen molar-refractivity contribution in [2.24, 2.45) is 17.8 Å². The summed E-state index contributed by atoms with van der Waals surface area (Å²) in [7, 11) is -1.88. The van der Waals surface area contributed by atoms with Crippen LogP contribution in [0.25, 0.3) is 0 Å². The van der Waals surface area contributed by atoms with Crippen molar-refractivity contribution in [3.63, 3.8) is 0 Å². The van der Waals surface area contributed by atoms with Crippen molar-refractivity contribution in [3.8, 4) is 11.8 Å². The molecule has 2 saturated carbocycles. The van der Waals surface area contributed by atoms with E-state index in [0.717, 1.165) is 25.7 Å². The summed E-state index contributed by atoms with van der Waals surface area (Å²) in [5, 5.41) is 10.9. The van der Waals surface area contributed by atoms with Gasteiger partial charge in [0.1, 0.15) is 6.10 Å². The van der Waals surface area contributed by atoms with Gasteiger partial charge in [0.2, 0.25) is 0 Å². The molecule has 0 amide bonds. The monoisotopic (exact) mass is 436 g/mol. The molecule has 5 unspecified atom stereocenters. The second-order valence-electron chi connectivity index (χ2n) is 11.2. The third kappa shape index (κ3) is 5.15. The summed E-state index contributed by atoms with van der Waals surface area (Å²) in [5.74, 6) is 7.27. The van der Waals surface area contributed by atoms with Crippen molar-refractivity contribution in [1.82, 2.24) is 0 Å². The predicted molar refractivity (Wildman–Crippen MR) is 124 cm³/mol. The molecule has 3 fully saturated rings. The van der Waals surface area contributed by atoms with Crippen LogP contribution in [0.5, 0.6) is 0 Å². The summed E-state index contributed by atoms with van der Waals surface area (Å²) in [4.78, 5) is 0. The molecule has 5 atom stereocenters. The lowest BCUT2D eigenvalue weighted by Crippen LogP contribution is -2.53. The molecule has 3 rings (SSSR count). The minimum absolute atomic E-state index is 0.0215. The summed E-state index contributed by atoms with van der Waals surface area (Å²) >= 11 is 0. The Labute approximate surface area is 185 Å². The third-order valence-electron chi connectivity index (χ3n) is 7.97. The highest BCUT2D eigenvalue weighted by Crippen LogP contribution is 2.59. The van der Waals surface area contributed by atoms with Crippen LogP contribution in [0.4, 0.5) is 0 Å². The average Bonchev–Trinajstić information content (AvgIpc) is 3.24. The number of unbranched alkanes of at least 4 members (excludes halogenated alkanes) is 4. The molecule has 1 saturated heterocycles. The van der Waals surface area contributed by atoms with Crippen LogP contribution in [0.2, 0.25) is 18.1 Å². The first kappa shape index (κ1) is 24.3. The van der Waals surface area contributed by atoms with Gasteiger partial charge < -0.3 is 19.0 Å². The molecule has 2 aliphatic carbocycles. The molecular formula is C25H44O4Si. The molecule has 172 valence electrons. The molecule has 4 nitrogen and oxygen atoms in total. The molecule has 0 aromatic heterocycles. The summed E-state index contributed by atoms with van der Waals surface area (Å²) < 4.78 is 18.5. The quantitative estimate of drug-likeness (QED) is 0.310. The fourth-order valence-corrected chi connectivity index (χ4v) is 6.27. The van der Waals surface area contributed by atoms with Gasteiger partial charge in [-0.25, -0.2) is 0 Å². The van der Waals surface area contributed by atoms with E-state index in [9.17, 15) is 5.11 Å². The molecule has 1 aliphatic heterocycles. The topological polar surface area (TPSA) is 47.9 Å². The first-order valence-electron chi connectivity index (χ1n) is 12.2. The van der Waals surface area contributed by atoms with E-state index >= 15 is 0 Å². The Balaban J connectivity index is 1.64. The summed E-state index contributed by atoms with van der Waals surface area (Å²) in [6, 6.07) is 0. The van der Waals surface area contributed by atoms with E-state index < -0.39 is 14.1 Å². The Kier molecular flexibility index (Phi) is 7.79. The van der Waals surface area contributed by atoms with Crippen LogP contribution < -0.4 is 0 Å². The molecule has 1 heterocycles. The largest absolute Gasteiger partial charge is 0.403 e. The lowest BCUT2D eigenvalue weighted by atomic mass is 9.67. The highest BCUT2D eigenvalue weighted by atomic mass is 28.4. The highest BCUT2D eigenvalue weighted by Gasteiger charge is 2.64. The van der Waals surface area contributed by atoms with E-state index in [2.05, 4.69) is 52.6 Å². The van der Waals surface area contributed by atoms with Crippen LogP contribution >= 0.6 is 0 Å². The van der Waals surface area contributed by atoms with Crippen molar-refractivity contribution in [1.29, 1.82) is 0 Å². The zero-order valence-corrected chi connectivity index (χ0v) is 21.1. The molecule has 0 aromatic rings. The van der Waals surface area contributed by atoms with Gasteiger partial charge in [0.25, 0.3) is 0 Å². The molecule has 0 bridgehead atoms. The number of hydrogen-bond donors (Lipinski definition) is 1. The molecule has 1 spiro atoms. The van der Waals surface area contributed by atoms with Gasteiger partial charge in [-0.1, -0.05) is 65.2 Å². The van der Waals surface area contributed by atoms with Crippen molar-refractivity contribution in [2.45, 2.75) is 115 Å². The molecule has 3 aliphatic rings. The zero-order chi connectivity index (χ0) is 22.0. The number of fused-ring (bicyclic) bond motifs is 2. The molecule has 5 heteroatoms. The van der Waals surface area contributed by atoms with Crippen molar-refractivity contribution in [3.05, 3.63) is 0 Å². The van der Waals surface area contributed by atoms with Gasteiger partial charge in [0.05, 0.1) is 19.3 Å². The Hall–Kier alpha value is -0.383. The second-order valence-corrected chi connectivity index (χ2v) is 15.9. The highest BCUT2D eigenvalue weighted by molar-refractivity contribution is 6.74. The first-order valence-corrected chi connectivity index (χ1v) is 15.2. The zero-order valence-electron chi connectivity index (χ0n) is 20.1. The van der Waals surface area contributed by atoms with E-state index in [4.69, 9.17) is 13.9 Å². The molecule has 0 radical (unpaired) electrons. The molecule has 30 heavy (non-hydrogen) atoms. The van der Waals surface area contributed by atoms with Crippen molar-refractivity contribution >= 4 is 8.32 Å². The van der Waals surface area contributed by atoms with Gasteiger partial charge >= 0.3 is 0 Å². The Morgan fingerprint density at radius 2 is 1.80 bits per heavy atom. The van der Waals surface area contributed by atoms with Gasteiger partial charge in [-0.15, -0.1) is 0 Å². The smallest absolute Gasteiger partial charge is 0.193 e. The maximum Gasteiger partial charge on any atom is 0.193 e. The van der Waals surface area contributed by atoms with Crippen LogP contribution in [-0.2, 0) is 13.9 Å². The lowest BCUT2D eigenvalue weighted by Gasteiger charge is -2.48. The normalized spacial score (nSPS) is 31.2. The molecule has 1 N–H and O–H groups in total. The van der Waals surface area contributed by atoms with Crippen molar-refractivity contribution in [2.75, 3.05) is 13.2 Å². The standard InChI is InChI=1S/C25H44O4Si/c1-7-8-9-10-11-12-19(29-30(5,6)24(2,3)4)13-14-20-21-18-25(27-15-16-28-25)22(21)17-23(20)26/h19-23,26H,7-12,15-18H2,1-6H3. The van der Waals surface area contributed by atoms with Crippen LogP contribution in [0.3, 0.4) is 0 Å². The number of ether oxygens (including phenoxy) is 2. The van der Waals surface area contributed by atoms with Crippen LogP contribution in [-0.4, -0.2) is 44.6 Å². The van der Waals surface area contributed by atoms with Crippen molar-refractivity contribution < 1.29 is 19.0 Å². The lowest BCUT2D eigenvalue weighted by molar-refractivity contribution is -0.270. The predicted octanol–water partition coefficient (Wildman–Crippen LogP) is 5.50. The van der Waals surface area contributed by atoms with E-state index in [0.29, 0.717) is 25.0 Å². The molecule has 0 aromatic carbocycles. The van der Waals surface area contributed by atoms with Gasteiger partial charge in [-0.3, -0.25) is 0 Å². The maximum absolute atomic E-state index is 10.7. The summed E-state index contributed by atoms with van der Waals surface area (Å²) in [5.41, 5.74) is 0. The Morgan fingerprint density at radius 1 is 1.13 bits per heavy atom. The minimum atomic E-state index is -1.88. The van der Waals surface area contributed by atoms with E-state index in [1.807, 2.05) is 0 Å². The van der Waals surface area contributed by atoms with Crippen LogP contribution in [0.15, 0.2) is 0 Å². The Bertz CT molecular complexity index is 623.